The number of nitrogens with zero attached hydrogens (tertiary/aromatic N) is 1. The zero-order valence-corrected chi connectivity index (χ0v) is 15.1. The molecule has 1 N–H and O–H groups in total. The Hall–Kier alpha value is -3.12. The fraction of sp³-hybridized carbons (Fsp3) is 0.238. The zero-order chi connectivity index (χ0) is 19.1. The lowest BCUT2D eigenvalue weighted by Crippen LogP contribution is -2.33. The Morgan fingerprint density at radius 1 is 1.15 bits per heavy atom. The molecular formula is C21H22N2O4. The highest BCUT2D eigenvalue weighted by molar-refractivity contribution is 6.04. The van der Waals surface area contributed by atoms with Crippen LogP contribution < -0.4 is 5.32 Å². The number of imide groups is 1. The highest BCUT2D eigenvalue weighted by atomic mass is 16.6. The highest BCUT2D eigenvalue weighted by Crippen LogP contribution is 2.20. The summed E-state index contributed by atoms with van der Waals surface area (Å²) in [5, 5.41) is 3.18. The van der Waals surface area contributed by atoms with Crippen molar-refractivity contribution in [2.24, 2.45) is 0 Å². The van der Waals surface area contributed by atoms with Gasteiger partial charge in [-0.05, 0) is 30.2 Å². The van der Waals surface area contributed by atoms with Gasteiger partial charge in [-0.2, -0.15) is 0 Å². The summed E-state index contributed by atoms with van der Waals surface area (Å²) in [4.78, 5) is 25.9. The summed E-state index contributed by atoms with van der Waals surface area (Å²) < 4.78 is 10.6. The van der Waals surface area contributed by atoms with Crippen LogP contribution in [0.3, 0.4) is 0 Å². The number of nitrogens with one attached hydrogen (secondary N) is 1. The van der Waals surface area contributed by atoms with E-state index in [0.29, 0.717) is 18.5 Å². The number of carbonyl (C=O) groups is 2. The molecule has 1 atom stereocenters. The molecule has 6 nitrogen and oxygen atoms in total. The van der Waals surface area contributed by atoms with E-state index in [1.54, 1.807) is 13.2 Å². The third kappa shape index (κ3) is 4.95. The minimum Gasteiger partial charge on any atom is -0.444 e. The van der Waals surface area contributed by atoms with Crippen LogP contribution in [0.4, 0.5) is 10.5 Å². The quantitative estimate of drug-likeness (QED) is 0.625. The monoisotopic (exact) mass is 366 g/mol. The number of likely N-dealkylation sites (tertiary alicyclic amines) is 1. The number of benzene rings is 2. The number of hydrogen-bond acceptors (Lipinski definition) is 5. The second-order valence-electron chi connectivity index (χ2n) is 6.11. The van der Waals surface area contributed by atoms with Crippen molar-refractivity contribution in [3.63, 3.8) is 0 Å². The Bertz CT molecular complexity index is 805. The molecule has 2 amide bonds. The smallest absolute Gasteiger partial charge is 0.417 e. The van der Waals surface area contributed by atoms with Gasteiger partial charge in [-0.1, -0.05) is 48.5 Å². The average Bonchev–Trinajstić information content (AvgIpc) is 3.07. The van der Waals surface area contributed by atoms with Crippen molar-refractivity contribution in [2.45, 2.75) is 19.3 Å². The van der Waals surface area contributed by atoms with E-state index in [4.69, 9.17) is 9.47 Å². The maximum absolute atomic E-state index is 12.5. The standard InChI is InChI=1S/C21H22N2O4/c1-26-19(22-18-10-6-3-7-11-18)14-17-12-13-23(20(17)24)21(25)27-15-16-8-4-2-5-9-16/h2-11,14,19,22H,12-13,15H2,1H3. The maximum atomic E-state index is 12.5. The van der Waals surface area contributed by atoms with Gasteiger partial charge in [0.2, 0.25) is 0 Å². The van der Waals surface area contributed by atoms with E-state index >= 15 is 0 Å². The zero-order valence-electron chi connectivity index (χ0n) is 15.1. The minimum atomic E-state index is -0.628. The number of hydrogen-bond donors (Lipinski definition) is 1. The van der Waals surface area contributed by atoms with Crippen LogP contribution in [-0.2, 0) is 20.9 Å². The summed E-state index contributed by atoms with van der Waals surface area (Å²) in [6.07, 6.45) is 1.08. The number of amides is 2. The van der Waals surface area contributed by atoms with Gasteiger partial charge in [-0.15, -0.1) is 0 Å². The topological polar surface area (TPSA) is 67.9 Å². The van der Waals surface area contributed by atoms with Crippen LogP contribution in [-0.4, -0.2) is 36.8 Å². The van der Waals surface area contributed by atoms with Crippen LogP contribution in [0.1, 0.15) is 12.0 Å². The van der Waals surface area contributed by atoms with Gasteiger partial charge in [-0.25, -0.2) is 9.69 Å². The van der Waals surface area contributed by atoms with Crippen molar-refractivity contribution in [3.05, 3.63) is 77.9 Å². The number of ether oxygens (including phenoxy) is 2. The number of para-hydroxylation sites is 1. The highest BCUT2D eigenvalue weighted by Gasteiger charge is 2.32. The fourth-order valence-electron chi connectivity index (χ4n) is 2.79. The molecule has 0 aliphatic carbocycles. The molecule has 1 aliphatic rings. The van der Waals surface area contributed by atoms with Gasteiger partial charge in [0.25, 0.3) is 5.91 Å². The molecule has 2 aromatic rings. The van der Waals surface area contributed by atoms with Crippen molar-refractivity contribution in [2.75, 3.05) is 19.0 Å². The van der Waals surface area contributed by atoms with Gasteiger partial charge in [0, 0.05) is 24.9 Å². The van der Waals surface area contributed by atoms with Gasteiger partial charge >= 0.3 is 6.09 Å². The van der Waals surface area contributed by atoms with Crippen LogP contribution in [0, 0.1) is 0 Å². The molecule has 1 aliphatic heterocycles. The Morgan fingerprint density at radius 2 is 1.81 bits per heavy atom. The summed E-state index contributed by atoms with van der Waals surface area (Å²) in [5.41, 5.74) is 2.28. The van der Waals surface area contributed by atoms with Crippen molar-refractivity contribution < 1.29 is 19.1 Å². The van der Waals surface area contributed by atoms with Crippen LogP contribution in [0.15, 0.2) is 72.3 Å². The van der Waals surface area contributed by atoms with E-state index in [2.05, 4.69) is 5.32 Å². The number of methoxy groups -OCH3 is 1. The summed E-state index contributed by atoms with van der Waals surface area (Å²) >= 11 is 0. The minimum absolute atomic E-state index is 0.138. The van der Waals surface area contributed by atoms with E-state index in [-0.39, 0.29) is 12.5 Å². The van der Waals surface area contributed by atoms with Crippen molar-refractivity contribution in [1.82, 2.24) is 4.90 Å². The number of rotatable bonds is 6. The Kier molecular flexibility index (Phi) is 6.22. The maximum Gasteiger partial charge on any atom is 0.417 e. The number of carbonyl (C=O) groups excluding carboxylic acids is 2. The lowest BCUT2D eigenvalue weighted by Gasteiger charge is -2.16. The predicted octanol–water partition coefficient (Wildman–Crippen LogP) is 3.57. The molecule has 2 aromatic carbocycles. The molecule has 6 heteroatoms. The average molecular weight is 366 g/mol. The Labute approximate surface area is 158 Å². The lowest BCUT2D eigenvalue weighted by atomic mass is 10.2. The molecule has 3 rings (SSSR count). The van der Waals surface area contributed by atoms with E-state index in [9.17, 15) is 9.59 Å². The lowest BCUT2D eigenvalue weighted by molar-refractivity contribution is -0.123. The third-order valence-electron chi connectivity index (χ3n) is 4.24. The molecule has 1 saturated heterocycles. The van der Waals surface area contributed by atoms with Crippen LogP contribution >= 0.6 is 0 Å². The van der Waals surface area contributed by atoms with E-state index < -0.39 is 12.3 Å². The molecule has 1 unspecified atom stereocenters. The van der Waals surface area contributed by atoms with Gasteiger partial charge < -0.3 is 14.8 Å². The third-order valence-corrected chi connectivity index (χ3v) is 4.24. The molecular weight excluding hydrogens is 344 g/mol. The summed E-state index contributed by atoms with van der Waals surface area (Å²) in [6.45, 7) is 0.443. The van der Waals surface area contributed by atoms with E-state index in [1.165, 1.54) is 0 Å². The second-order valence-corrected chi connectivity index (χ2v) is 6.11. The molecule has 0 radical (unpaired) electrons. The fourth-order valence-corrected chi connectivity index (χ4v) is 2.79. The van der Waals surface area contributed by atoms with Gasteiger partial charge in [0.15, 0.2) is 0 Å². The Morgan fingerprint density at radius 3 is 2.48 bits per heavy atom. The van der Waals surface area contributed by atoms with Gasteiger partial charge in [0.05, 0.1) is 0 Å². The van der Waals surface area contributed by atoms with Crippen molar-refractivity contribution in [1.29, 1.82) is 0 Å². The normalized spacial score (nSPS) is 16.4. The van der Waals surface area contributed by atoms with E-state index in [1.807, 2.05) is 60.7 Å². The molecule has 27 heavy (non-hydrogen) atoms. The number of anilines is 1. The van der Waals surface area contributed by atoms with E-state index in [0.717, 1.165) is 16.2 Å². The van der Waals surface area contributed by atoms with Crippen LogP contribution in [0.5, 0.6) is 0 Å². The molecule has 1 fully saturated rings. The Balaban J connectivity index is 1.59. The SMILES string of the molecule is COC(C=C1CCN(C(=O)OCc2ccccc2)C1=O)Nc1ccccc1. The first-order chi connectivity index (χ1) is 13.2. The van der Waals surface area contributed by atoms with Crippen LogP contribution in [0.2, 0.25) is 0 Å². The summed E-state index contributed by atoms with van der Waals surface area (Å²) in [6, 6.07) is 18.9. The summed E-state index contributed by atoms with van der Waals surface area (Å²) in [7, 11) is 1.56. The van der Waals surface area contributed by atoms with Crippen molar-refractivity contribution >= 4 is 17.7 Å². The molecule has 0 bridgehead atoms. The van der Waals surface area contributed by atoms with Gasteiger partial charge in [-0.3, -0.25) is 4.79 Å². The molecule has 0 spiro atoms. The molecule has 0 aromatic heterocycles. The molecule has 140 valence electrons. The second kappa shape index (κ2) is 9.00. The predicted molar refractivity (Wildman–Crippen MR) is 102 cm³/mol. The largest absolute Gasteiger partial charge is 0.444 e. The first kappa shape index (κ1) is 18.7. The van der Waals surface area contributed by atoms with Gasteiger partial charge in [0.1, 0.15) is 12.8 Å². The molecule has 1 heterocycles. The first-order valence-electron chi connectivity index (χ1n) is 8.75. The first-order valence-corrected chi connectivity index (χ1v) is 8.75. The van der Waals surface area contributed by atoms with Crippen molar-refractivity contribution in [3.8, 4) is 0 Å². The van der Waals surface area contributed by atoms with Crippen LogP contribution in [0.25, 0.3) is 0 Å². The summed E-state index contributed by atoms with van der Waals surface area (Å²) in [5.74, 6) is -0.343. The molecule has 0 saturated carbocycles.